The molecule has 0 saturated heterocycles. The van der Waals surface area contributed by atoms with Crippen LogP contribution in [0, 0.1) is 6.92 Å². The monoisotopic (exact) mass is 345 g/mol. The summed E-state index contributed by atoms with van der Waals surface area (Å²) in [4.78, 5) is 25.6. The fourth-order valence-corrected chi connectivity index (χ4v) is 2.30. The highest BCUT2D eigenvalue weighted by molar-refractivity contribution is 5.89. The number of hydrogen-bond acceptors (Lipinski definition) is 6. The van der Waals surface area contributed by atoms with Crippen molar-refractivity contribution in [1.82, 2.24) is 15.4 Å². The highest BCUT2D eigenvalue weighted by Crippen LogP contribution is 2.08. The van der Waals surface area contributed by atoms with E-state index in [1.54, 1.807) is 24.3 Å². The van der Waals surface area contributed by atoms with Crippen LogP contribution in [0.15, 0.2) is 34.9 Å². The van der Waals surface area contributed by atoms with Crippen molar-refractivity contribution in [3.05, 3.63) is 52.9 Å². The van der Waals surface area contributed by atoms with E-state index in [0.717, 1.165) is 17.0 Å². The van der Waals surface area contributed by atoms with E-state index in [9.17, 15) is 9.59 Å². The summed E-state index contributed by atoms with van der Waals surface area (Å²) in [6.07, 6.45) is 0. The van der Waals surface area contributed by atoms with E-state index < -0.39 is 0 Å². The Balaban J connectivity index is 1.85. The average molecular weight is 345 g/mol. The zero-order valence-corrected chi connectivity index (χ0v) is 14.9. The normalized spacial score (nSPS) is 12.0. The van der Waals surface area contributed by atoms with Gasteiger partial charge in [0.2, 0.25) is 5.91 Å². The Morgan fingerprint density at radius 1 is 1.32 bits per heavy atom. The minimum Gasteiger partial charge on any atom is -0.465 e. The van der Waals surface area contributed by atoms with Gasteiger partial charge in [0.15, 0.2) is 0 Å². The van der Waals surface area contributed by atoms with Crippen molar-refractivity contribution in [3.8, 4) is 0 Å². The van der Waals surface area contributed by atoms with Gasteiger partial charge in [-0.15, -0.1) is 0 Å². The predicted octanol–water partition coefficient (Wildman–Crippen LogP) is 1.91. The van der Waals surface area contributed by atoms with Crippen LogP contribution in [0.5, 0.6) is 0 Å². The summed E-state index contributed by atoms with van der Waals surface area (Å²) in [6.45, 7) is 4.59. The van der Waals surface area contributed by atoms with Crippen molar-refractivity contribution in [2.45, 2.75) is 33.0 Å². The number of aryl methyl sites for hydroxylation is 1. The fourth-order valence-electron chi connectivity index (χ4n) is 2.30. The van der Waals surface area contributed by atoms with E-state index in [-0.39, 0.29) is 17.9 Å². The van der Waals surface area contributed by atoms with Crippen LogP contribution >= 0.6 is 0 Å². The van der Waals surface area contributed by atoms with Gasteiger partial charge in [0.1, 0.15) is 5.76 Å². The summed E-state index contributed by atoms with van der Waals surface area (Å²) < 4.78 is 9.69. The number of carbonyl (C=O) groups is 2. The maximum absolute atomic E-state index is 12.3. The average Bonchev–Trinajstić information content (AvgIpc) is 3.03. The number of benzene rings is 1. The lowest BCUT2D eigenvalue weighted by Crippen LogP contribution is -2.42. The van der Waals surface area contributed by atoms with Crippen molar-refractivity contribution in [2.75, 3.05) is 14.2 Å². The zero-order chi connectivity index (χ0) is 18.4. The van der Waals surface area contributed by atoms with Crippen LogP contribution in [0.3, 0.4) is 0 Å². The molecule has 1 aromatic carbocycles. The molecular weight excluding hydrogens is 322 g/mol. The summed E-state index contributed by atoms with van der Waals surface area (Å²) in [6, 6.07) is 8.47. The number of rotatable bonds is 7. The second kappa shape index (κ2) is 8.43. The van der Waals surface area contributed by atoms with Gasteiger partial charge in [-0.05, 0) is 38.6 Å². The molecule has 7 nitrogen and oxygen atoms in total. The molecule has 0 spiro atoms. The number of nitrogens with one attached hydrogen (secondary N) is 1. The van der Waals surface area contributed by atoms with E-state index in [2.05, 4.69) is 15.2 Å². The van der Waals surface area contributed by atoms with Gasteiger partial charge in [0.05, 0.1) is 24.4 Å². The third-order valence-electron chi connectivity index (χ3n) is 3.97. The maximum atomic E-state index is 12.3. The van der Waals surface area contributed by atoms with Crippen molar-refractivity contribution in [1.29, 1.82) is 0 Å². The largest absolute Gasteiger partial charge is 0.465 e. The third kappa shape index (κ3) is 5.15. The van der Waals surface area contributed by atoms with Crippen molar-refractivity contribution >= 4 is 11.9 Å². The van der Waals surface area contributed by atoms with Crippen LogP contribution in [0.1, 0.15) is 34.3 Å². The standard InChI is InChI=1S/C18H23N3O4/c1-12-9-16(20-25-12)11-21(3)13(2)17(22)19-10-14-5-7-15(8-6-14)18(23)24-4/h5-9,13H,10-11H2,1-4H3,(H,19,22). The Hall–Kier alpha value is -2.67. The highest BCUT2D eigenvalue weighted by Gasteiger charge is 2.19. The van der Waals surface area contributed by atoms with Crippen LogP contribution in [0.4, 0.5) is 0 Å². The highest BCUT2D eigenvalue weighted by atomic mass is 16.5. The van der Waals surface area contributed by atoms with Crippen LogP contribution in [0.2, 0.25) is 0 Å². The minimum absolute atomic E-state index is 0.0836. The Kier molecular flexibility index (Phi) is 6.30. The van der Waals surface area contributed by atoms with E-state index in [0.29, 0.717) is 18.7 Å². The van der Waals surface area contributed by atoms with Crippen LogP contribution < -0.4 is 5.32 Å². The van der Waals surface area contributed by atoms with Gasteiger partial charge in [-0.2, -0.15) is 0 Å². The quantitative estimate of drug-likeness (QED) is 0.772. The molecule has 1 heterocycles. The lowest BCUT2D eigenvalue weighted by Gasteiger charge is -2.22. The Morgan fingerprint density at radius 3 is 2.56 bits per heavy atom. The van der Waals surface area contributed by atoms with Crippen LogP contribution in [0.25, 0.3) is 0 Å². The summed E-state index contributed by atoms with van der Waals surface area (Å²) >= 11 is 0. The van der Waals surface area contributed by atoms with Crippen molar-refractivity contribution in [3.63, 3.8) is 0 Å². The molecule has 0 fully saturated rings. The predicted molar refractivity (Wildman–Crippen MR) is 91.8 cm³/mol. The molecule has 1 aromatic heterocycles. The van der Waals surface area contributed by atoms with Crippen molar-refractivity contribution in [2.24, 2.45) is 0 Å². The molecule has 0 saturated carbocycles. The number of likely N-dealkylation sites (N-methyl/N-ethyl adjacent to an activating group) is 1. The molecule has 0 radical (unpaired) electrons. The minimum atomic E-state index is -0.381. The van der Waals surface area contributed by atoms with Gasteiger partial charge in [0.25, 0.3) is 0 Å². The lowest BCUT2D eigenvalue weighted by atomic mass is 10.1. The summed E-state index contributed by atoms with van der Waals surface area (Å²) in [5.74, 6) is 0.282. The SMILES string of the molecule is COC(=O)c1ccc(CNC(=O)C(C)N(C)Cc2cc(C)on2)cc1. The molecule has 1 atom stereocenters. The molecule has 0 aliphatic rings. The number of carbonyl (C=O) groups excluding carboxylic acids is 2. The van der Waals surface area contributed by atoms with Crippen molar-refractivity contribution < 1.29 is 18.8 Å². The number of amides is 1. The number of hydrogen-bond donors (Lipinski definition) is 1. The fraction of sp³-hybridized carbons (Fsp3) is 0.389. The smallest absolute Gasteiger partial charge is 0.337 e. The first-order valence-electron chi connectivity index (χ1n) is 7.98. The maximum Gasteiger partial charge on any atom is 0.337 e. The molecule has 2 rings (SSSR count). The number of esters is 1. The second-order valence-electron chi connectivity index (χ2n) is 5.93. The van der Waals surface area contributed by atoms with Gasteiger partial charge in [-0.3, -0.25) is 9.69 Å². The zero-order valence-electron chi connectivity index (χ0n) is 14.9. The second-order valence-corrected chi connectivity index (χ2v) is 5.93. The molecule has 7 heteroatoms. The van der Waals surface area contributed by atoms with Gasteiger partial charge in [-0.25, -0.2) is 4.79 Å². The summed E-state index contributed by atoms with van der Waals surface area (Å²) in [5.41, 5.74) is 2.18. The lowest BCUT2D eigenvalue weighted by molar-refractivity contribution is -0.125. The molecule has 1 amide bonds. The van der Waals surface area contributed by atoms with E-state index in [1.165, 1.54) is 7.11 Å². The number of aromatic nitrogens is 1. The molecule has 25 heavy (non-hydrogen) atoms. The first-order valence-corrected chi connectivity index (χ1v) is 7.98. The Bertz CT molecular complexity index is 724. The van der Waals surface area contributed by atoms with Crippen LogP contribution in [-0.2, 0) is 22.6 Å². The van der Waals surface area contributed by atoms with E-state index in [1.807, 2.05) is 31.9 Å². The number of nitrogens with zero attached hydrogens (tertiary/aromatic N) is 2. The number of ether oxygens (including phenoxy) is 1. The molecular formula is C18H23N3O4. The molecule has 0 bridgehead atoms. The Morgan fingerprint density at radius 2 is 2.00 bits per heavy atom. The summed E-state index contributed by atoms with van der Waals surface area (Å²) in [7, 11) is 3.20. The first-order chi connectivity index (χ1) is 11.9. The molecule has 0 aliphatic heterocycles. The van der Waals surface area contributed by atoms with E-state index in [4.69, 9.17) is 4.52 Å². The first kappa shape index (κ1) is 18.7. The topological polar surface area (TPSA) is 84.7 Å². The molecule has 1 N–H and O–H groups in total. The van der Waals surface area contributed by atoms with E-state index >= 15 is 0 Å². The third-order valence-corrected chi connectivity index (χ3v) is 3.97. The Labute approximate surface area is 146 Å². The molecule has 134 valence electrons. The number of methoxy groups -OCH3 is 1. The van der Waals surface area contributed by atoms with Gasteiger partial charge in [0, 0.05) is 19.2 Å². The van der Waals surface area contributed by atoms with Gasteiger partial charge < -0.3 is 14.6 Å². The molecule has 2 aromatic rings. The van der Waals surface area contributed by atoms with Gasteiger partial charge >= 0.3 is 5.97 Å². The van der Waals surface area contributed by atoms with Gasteiger partial charge in [-0.1, -0.05) is 17.3 Å². The molecule has 0 aliphatic carbocycles. The van der Waals surface area contributed by atoms with Crippen LogP contribution in [-0.4, -0.2) is 42.1 Å². The molecule has 1 unspecified atom stereocenters. The summed E-state index contributed by atoms with van der Waals surface area (Å²) in [5, 5.41) is 6.83.